The van der Waals surface area contributed by atoms with E-state index in [4.69, 9.17) is 19.3 Å². The van der Waals surface area contributed by atoms with Gasteiger partial charge in [0.1, 0.15) is 18.1 Å². The lowest BCUT2D eigenvalue weighted by molar-refractivity contribution is -0.116. The average Bonchev–Trinajstić information content (AvgIpc) is 3.36. The fourth-order valence-corrected chi connectivity index (χ4v) is 7.06. The lowest BCUT2D eigenvalue weighted by Gasteiger charge is -2.32. The summed E-state index contributed by atoms with van der Waals surface area (Å²) >= 11 is 0. The highest BCUT2D eigenvalue weighted by atomic mass is 32.2. The Morgan fingerprint density at radius 3 is 2.55 bits per heavy atom. The molecule has 2 saturated heterocycles. The maximum absolute atomic E-state index is 13.8. The number of ether oxygens (including phenoxy) is 3. The van der Waals surface area contributed by atoms with E-state index in [1.165, 1.54) is 18.1 Å². The molecule has 2 fully saturated rings. The molecular formula is C28H30N4O7S. The van der Waals surface area contributed by atoms with E-state index in [2.05, 4.69) is 4.90 Å². The molecule has 3 aromatic rings. The van der Waals surface area contributed by atoms with Crippen molar-refractivity contribution < 1.29 is 32.2 Å². The van der Waals surface area contributed by atoms with Crippen LogP contribution in [0.25, 0.3) is 16.9 Å². The van der Waals surface area contributed by atoms with Gasteiger partial charge in [-0.25, -0.2) is 13.1 Å². The molecule has 1 amide bonds. The maximum Gasteiger partial charge on any atom is 0.275 e. The molecule has 0 radical (unpaired) electrons. The largest absolute Gasteiger partial charge is 0.497 e. The lowest BCUT2D eigenvalue weighted by Crippen LogP contribution is -2.49. The Morgan fingerprint density at radius 1 is 1.07 bits per heavy atom. The number of hydrogen-bond donors (Lipinski definition) is 0. The molecule has 0 N–H and O–H groups in total. The maximum atomic E-state index is 13.8. The minimum absolute atomic E-state index is 0.0196. The van der Waals surface area contributed by atoms with E-state index >= 15 is 0 Å². The Bertz CT molecular complexity index is 1550. The van der Waals surface area contributed by atoms with E-state index in [-0.39, 0.29) is 30.3 Å². The van der Waals surface area contributed by atoms with Crippen molar-refractivity contribution >= 4 is 22.0 Å². The summed E-state index contributed by atoms with van der Waals surface area (Å²) in [4.78, 5) is 29.4. The molecule has 2 aromatic carbocycles. The van der Waals surface area contributed by atoms with E-state index < -0.39 is 27.5 Å². The van der Waals surface area contributed by atoms with E-state index in [1.807, 2.05) is 24.3 Å². The van der Waals surface area contributed by atoms with Crippen LogP contribution in [-0.2, 0) is 36.4 Å². The molecule has 0 saturated carbocycles. The second-order valence-electron chi connectivity index (χ2n) is 10.0. The van der Waals surface area contributed by atoms with Crippen LogP contribution in [0.2, 0.25) is 0 Å². The Morgan fingerprint density at radius 2 is 1.82 bits per heavy atom. The molecule has 40 heavy (non-hydrogen) atoms. The summed E-state index contributed by atoms with van der Waals surface area (Å²) in [6, 6.07) is 12.0. The second kappa shape index (κ2) is 10.8. The zero-order chi connectivity index (χ0) is 27.9. The number of morpholine rings is 2. The highest BCUT2D eigenvalue weighted by molar-refractivity contribution is 7.91. The average molecular weight is 567 g/mol. The van der Waals surface area contributed by atoms with Gasteiger partial charge in [0.25, 0.3) is 5.91 Å². The summed E-state index contributed by atoms with van der Waals surface area (Å²) in [6.07, 6.45) is 0.673. The lowest BCUT2D eigenvalue weighted by atomic mass is 10.0. The summed E-state index contributed by atoms with van der Waals surface area (Å²) in [5.41, 5.74) is 3.13. The first-order valence-electron chi connectivity index (χ1n) is 13.2. The van der Waals surface area contributed by atoms with Crippen LogP contribution in [-0.4, -0.2) is 99.4 Å². The summed E-state index contributed by atoms with van der Waals surface area (Å²) in [5.74, 6) is -0.469. The predicted molar refractivity (Wildman–Crippen MR) is 144 cm³/mol. The van der Waals surface area contributed by atoms with Crippen LogP contribution in [0, 0.1) is 0 Å². The van der Waals surface area contributed by atoms with Gasteiger partial charge in [0.05, 0.1) is 55.6 Å². The van der Waals surface area contributed by atoms with Gasteiger partial charge >= 0.3 is 0 Å². The van der Waals surface area contributed by atoms with E-state index in [0.717, 1.165) is 38.4 Å². The first-order valence-corrected chi connectivity index (χ1v) is 14.8. The molecule has 0 bridgehead atoms. The van der Waals surface area contributed by atoms with Crippen molar-refractivity contribution in [3.63, 3.8) is 0 Å². The van der Waals surface area contributed by atoms with Crippen molar-refractivity contribution in [3.8, 4) is 22.7 Å². The van der Waals surface area contributed by atoms with Crippen LogP contribution in [0.3, 0.4) is 0 Å². The van der Waals surface area contributed by atoms with Crippen LogP contribution in [0.1, 0.15) is 21.6 Å². The molecule has 3 aliphatic heterocycles. The second-order valence-corrected chi connectivity index (χ2v) is 12.0. The van der Waals surface area contributed by atoms with Crippen molar-refractivity contribution in [2.45, 2.75) is 23.2 Å². The molecule has 11 nitrogen and oxygen atoms in total. The third kappa shape index (κ3) is 4.81. The minimum atomic E-state index is -3.80. The third-order valence-electron chi connectivity index (χ3n) is 7.57. The number of rotatable bonds is 6. The normalized spacial score (nSPS) is 20.4. The fraction of sp³-hybridized carbons (Fsp3) is 0.393. The number of nitrogens with zero attached hydrogens (tertiary/aromatic N) is 4. The van der Waals surface area contributed by atoms with Crippen molar-refractivity contribution in [2.75, 3.05) is 53.2 Å². The zero-order valence-corrected chi connectivity index (χ0v) is 22.9. The molecule has 4 heterocycles. The standard InChI is InChI=1S/C28H30N4O7S/c1-37-22-6-7-23-25(14-22)40(35,36)18-24-26(28(34)31-10-13-39-17-21(31)16-33)29-32(27(23)24)20-4-2-19(3-5-20)15-30-8-11-38-12-9-30/h2-7,14,16,21H,8-13,15,17-18H2,1H3. The molecule has 1 atom stereocenters. The van der Waals surface area contributed by atoms with E-state index in [9.17, 15) is 18.0 Å². The topological polar surface area (TPSA) is 120 Å². The third-order valence-corrected chi connectivity index (χ3v) is 9.25. The summed E-state index contributed by atoms with van der Waals surface area (Å²) < 4.78 is 44.6. The molecule has 0 aliphatic carbocycles. The number of aromatic nitrogens is 2. The number of hydrogen-bond acceptors (Lipinski definition) is 9. The quantitative estimate of drug-likeness (QED) is 0.411. The van der Waals surface area contributed by atoms with Gasteiger partial charge in [0.2, 0.25) is 0 Å². The fourth-order valence-electron chi connectivity index (χ4n) is 5.46. The first-order chi connectivity index (χ1) is 19.4. The van der Waals surface area contributed by atoms with Crippen molar-refractivity contribution in [1.82, 2.24) is 19.6 Å². The molecule has 1 aromatic heterocycles. The number of carbonyl (C=O) groups excluding carboxylic acids is 2. The molecule has 1 unspecified atom stereocenters. The number of fused-ring (bicyclic) bond motifs is 3. The van der Waals surface area contributed by atoms with Gasteiger partial charge < -0.3 is 23.9 Å². The van der Waals surface area contributed by atoms with Crippen LogP contribution >= 0.6 is 0 Å². The van der Waals surface area contributed by atoms with Crippen LogP contribution in [0.15, 0.2) is 47.4 Å². The first kappa shape index (κ1) is 26.6. The van der Waals surface area contributed by atoms with Crippen molar-refractivity contribution in [1.29, 1.82) is 0 Å². The number of methoxy groups -OCH3 is 1. The zero-order valence-electron chi connectivity index (χ0n) is 22.1. The monoisotopic (exact) mass is 566 g/mol. The van der Waals surface area contributed by atoms with Gasteiger partial charge in [-0.1, -0.05) is 12.1 Å². The summed E-state index contributed by atoms with van der Waals surface area (Å²) in [5, 5.41) is 4.70. The molecule has 210 valence electrons. The van der Waals surface area contributed by atoms with Gasteiger partial charge in [0, 0.05) is 37.3 Å². The minimum Gasteiger partial charge on any atom is -0.497 e. The number of aldehydes is 1. The Kier molecular flexibility index (Phi) is 7.17. The number of amides is 1. The van der Waals surface area contributed by atoms with Gasteiger partial charge in [0.15, 0.2) is 15.5 Å². The van der Waals surface area contributed by atoms with Crippen LogP contribution < -0.4 is 4.74 Å². The highest BCUT2D eigenvalue weighted by Gasteiger charge is 2.39. The van der Waals surface area contributed by atoms with Gasteiger partial charge in [-0.3, -0.25) is 9.69 Å². The van der Waals surface area contributed by atoms with Gasteiger partial charge in [-0.05, 0) is 35.9 Å². The smallest absolute Gasteiger partial charge is 0.275 e. The molecule has 6 rings (SSSR count). The summed E-state index contributed by atoms with van der Waals surface area (Å²) in [6.45, 7) is 4.55. The number of sulfone groups is 1. The van der Waals surface area contributed by atoms with Crippen molar-refractivity contribution in [3.05, 3.63) is 59.3 Å². The molecule has 3 aliphatic rings. The highest BCUT2D eigenvalue weighted by Crippen LogP contribution is 2.42. The Labute approximate surface area is 232 Å². The Balaban J connectivity index is 1.46. The van der Waals surface area contributed by atoms with Crippen LogP contribution in [0.4, 0.5) is 0 Å². The van der Waals surface area contributed by atoms with Gasteiger partial charge in [-0.2, -0.15) is 5.10 Å². The SMILES string of the molecule is COc1ccc2c(c1)S(=O)(=O)Cc1c(C(=O)N3CCOCC3C=O)nn(-c3ccc(CN4CCOCC4)cc3)c1-2. The van der Waals surface area contributed by atoms with Gasteiger partial charge in [-0.15, -0.1) is 0 Å². The number of benzene rings is 2. The van der Waals surface area contributed by atoms with E-state index in [1.54, 1.807) is 16.8 Å². The number of carbonyl (C=O) groups is 2. The Hall–Kier alpha value is -3.58. The van der Waals surface area contributed by atoms with E-state index in [0.29, 0.717) is 34.5 Å². The summed E-state index contributed by atoms with van der Waals surface area (Å²) in [7, 11) is -2.32. The molecule has 12 heteroatoms. The molecule has 0 spiro atoms. The predicted octanol–water partition coefficient (Wildman–Crippen LogP) is 1.71. The molecular weight excluding hydrogens is 536 g/mol. The van der Waals surface area contributed by atoms with Crippen molar-refractivity contribution in [2.24, 2.45) is 0 Å². The van der Waals surface area contributed by atoms with Crippen LogP contribution in [0.5, 0.6) is 5.75 Å².